The van der Waals surface area contributed by atoms with Gasteiger partial charge in [0.2, 0.25) is 0 Å². The van der Waals surface area contributed by atoms with Crippen LogP contribution in [-0.4, -0.2) is 18.6 Å². The molecule has 1 heterocycles. The quantitative estimate of drug-likeness (QED) is 0.673. The Morgan fingerprint density at radius 3 is 2.65 bits per heavy atom. The van der Waals surface area contributed by atoms with Crippen LogP contribution in [0.4, 0.5) is 16.2 Å². The normalized spacial score (nSPS) is 14.7. The first-order valence-electron chi connectivity index (χ1n) is 9.42. The van der Waals surface area contributed by atoms with E-state index < -0.39 is 5.63 Å². The minimum atomic E-state index is -0.539. The number of fused-ring (bicyclic) bond motifs is 1. The van der Waals surface area contributed by atoms with E-state index >= 15 is 0 Å². The predicted molar refractivity (Wildman–Crippen MR) is 105 cm³/mol. The Balaban J connectivity index is 1.88. The third kappa shape index (κ3) is 4.36. The Kier molecular flexibility index (Phi) is 5.81. The molecule has 1 aromatic carbocycles. The average Bonchev–Trinajstić information content (AvgIpc) is 3.10. The number of amides is 2. The second-order valence-electron chi connectivity index (χ2n) is 7.32. The highest BCUT2D eigenvalue weighted by atomic mass is 16.4. The number of anilines is 2. The second-order valence-corrected chi connectivity index (χ2v) is 7.32. The molecule has 0 radical (unpaired) electrons. The molecule has 3 N–H and O–H groups in total. The fraction of sp³-hybridized carbons (Fsp3) is 0.500. The maximum absolute atomic E-state index is 12.5. The monoisotopic (exact) mass is 357 g/mol. The van der Waals surface area contributed by atoms with Gasteiger partial charge >= 0.3 is 11.7 Å². The number of rotatable bonds is 6. The molecule has 1 aliphatic carbocycles. The molecule has 6 heteroatoms. The van der Waals surface area contributed by atoms with Gasteiger partial charge in [0.15, 0.2) is 5.69 Å². The average molecular weight is 357 g/mol. The number of carbonyl (C=O) groups is 1. The summed E-state index contributed by atoms with van der Waals surface area (Å²) in [6.45, 7) is 4.76. The van der Waals surface area contributed by atoms with Crippen molar-refractivity contribution >= 4 is 28.4 Å². The minimum Gasteiger partial charge on any atom is -0.421 e. The Labute approximate surface area is 153 Å². The van der Waals surface area contributed by atoms with Crippen molar-refractivity contribution < 1.29 is 9.21 Å². The Morgan fingerprint density at radius 2 is 1.92 bits per heavy atom. The van der Waals surface area contributed by atoms with Gasteiger partial charge in [-0.25, -0.2) is 9.59 Å². The molecule has 0 spiro atoms. The van der Waals surface area contributed by atoms with E-state index in [1.807, 2.05) is 18.2 Å². The summed E-state index contributed by atoms with van der Waals surface area (Å²) in [7, 11) is 0. The maximum Gasteiger partial charge on any atom is 0.362 e. The predicted octanol–water partition coefficient (Wildman–Crippen LogP) is 4.32. The number of hydrogen-bond donors (Lipinski definition) is 3. The van der Waals surface area contributed by atoms with Gasteiger partial charge in [-0.2, -0.15) is 0 Å². The zero-order valence-electron chi connectivity index (χ0n) is 15.4. The van der Waals surface area contributed by atoms with Gasteiger partial charge < -0.3 is 15.1 Å². The van der Waals surface area contributed by atoms with Crippen LogP contribution in [0.1, 0.15) is 46.0 Å². The molecule has 1 aromatic heterocycles. The highest BCUT2D eigenvalue weighted by Gasteiger charge is 2.21. The van der Waals surface area contributed by atoms with Gasteiger partial charge in [0, 0.05) is 18.0 Å². The first kappa shape index (κ1) is 18.3. The van der Waals surface area contributed by atoms with Crippen LogP contribution in [-0.2, 0) is 0 Å². The van der Waals surface area contributed by atoms with E-state index in [2.05, 4.69) is 29.8 Å². The van der Waals surface area contributed by atoms with Gasteiger partial charge in [-0.05, 0) is 37.3 Å². The summed E-state index contributed by atoms with van der Waals surface area (Å²) in [6.07, 6.45) is 5.36. The van der Waals surface area contributed by atoms with Crippen LogP contribution in [0.5, 0.6) is 0 Å². The molecule has 2 aromatic rings. The summed E-state index contributed by atoms with van der Waals surface area (Å²) in [6, 6.07) is 7.32. The zero-order valence-corrected chi connectivity index (χ0v) is 15.4. The summed E-state index contributed by atoms with van der Waals surface area (Å²) in [5.74, 6) is 0.501. The van der Waals surface area contributed by atoms with Crippen molar-refractivity contribution in [2.24, 2.45) is 5.92 Å². The van der Waals surface area contributed by atoms with Gasteiger partial charge in [0.25, 0.3) is 0 Å². The van der Waals surface area contributed by atoms with Crippen LogP contribution < -0.4 is 21.6 Å². The first-order chi connectivity index (χ1) is 12.5. The summed E-state index contributed by atoms with van der Waals surface area (Å²) < 4.78 is 5.40. The molecule has 0 unspecified atom stereocenters. The summed E-state index contributed by atoms with van der Waals surface area (Å²) in [5.41, 5.74) is 0.812. The van der Waals surface area contributed by atoms with Crippen molar-refractivity contribution in [3.63, 3.8) is 0 Å². The van der Waals surface area contributed by atoms with Crippen molar-refractivity contribution in [1.29, 1.82) is 0 Å². The van der Waals surface area contributed by atoms with Crippen LogP contribution in [0, 0.1) is 5.92 Å². The molecule has 3 rings (SSSR count). The zero-order chi connectivity index (χ0) is 18.5. The molecule has 1 aliphatic rings. The van der Waals surface area contributed by atoms with Crippen molar-refractivity contribution in [2.75, 3.05) is 17.2 Å². The number of nitrogens with one attached hydrogen (secondary N) is 3. The third-order valence-corrected chi connectivity index (χ3v) is 4.76. The molecule has 0 atom stereocenters. The fourth-order valence-electron chi connectivity index (χ4n) is 3.32. The summed E-state index contributed by atoms with van der Waals surface area (Å²) in [5, 5.41) is 9.77. The van der Waals surface area contributed by atoms with Gasteiger partial charge in [0.1, 0.15) is 5.58 Å². The number of benzene rings is 1. The Bertz CT molecular complexity index is 823. The molecular formula is C20H27N3O3. The van der Waals surface area contributed by atoms with E-state index in [0.29, 0.717) is 29.8 Å². The number of urea groups is 1. The molecule has 26 heavy (non-hydrogen) atoms. The van der Waals surface area contributed by atoms with Gasteiger partial charge in [-0.15, -0.1) is 0 Å². The third-order valence-electron chi connectivity index (χ3n) is 4.76. The van der Waals surface area contributed by atoms with Crippen molar-refractivity contribution in [3.05, 3.63) is 34.7 Å². The van der Waals surface area contributed by atoms with Crippen LogP contribution in [0.3, 0.4) is 0 Å². The highest BCUT2D eigenvalue weighted by molar-refractivity contribution is 6.01. The van der Waals surface area contributed by atoms with E-state index in [1.54, 1.807) is 6.07 Å². The second kappa shape index (κ2) is 8.25. The van der Waals surface area contributed by atoms with E-state index in [9.17, 15) is 9.59 Å². The van der Waals surface area contributed by atoms with Crippen molar-refractivity contribution in [2.45, 2.75) is 52.0 Å². The molecule has 0 aliphatic heterocycles. The minimum absolute atomic E-state index is 0.178. The number of hydrogen-bond acceptors (Lipinski definition) is 4. The van der Waals surface area contributed by atoms with Crippen LogP contribution in [0.25, 0.3) is 11.0 Å². The van der Waals surface area contributed by atoms with Gasteiger partial charge in [-0.3, -0.25) is 5.32 Å². The molecule has 1 fully saturated rings. The lowest BCUT2D eigenvalue weighted by Gasteiger charge is -2.18. The molecular weight excluding hydrogens is 330 g/mol. The highest BCUT2D eigenvalue weighted by Crippen LogP contribution is 2.32. The maximum atomic E-state index is 12.5. The standard InChI is InChI=1S/C20H27N3O3/c1-13(2)11-12-21-20(25)23-18-17(22-14-7-3-4-8-14)15-9-5-6-10-16(15)26-19(18)24/h5-6,9-10,13-14,22H,3-4,7-8,11-12H2,1-2H3,(H2,21,23,25). The van der Waals surface area contributed by atoms with Crippen LogP contribution in [0.2, 0.25) is 0 Å². The summed E-state index contributed by atoms with van der Waals surface area (Å²) in [4.78, 5) is 24.7. The Hall–Kier alpha value is -2.50. The van der Waals surface area contributed by atoms with Crippen LogP contribution in [0.15, 0.2) is 33.5 Å². The number of carbonyl (C=O) groups excluding carboxylic acids is 1. The molecule has 6 nitrogen and oxygen atoms in total. The lowest BCUT2D eigenvalue weighted by atomic mass is 10.1. The first-order valence-corrected chi connectivity index (χ1v) is 9.42. The lowest BCUT2D eigenvalue weighted by Crippen LogP contribution is -2.32. The molecule has 0 bridgehead atoms. The fourth-order valence-corrected chi connectivity index (χ4v) is 3.32. The molecule has 2 amide bonds. The van der Waals surface area contributed by atoms with E-state index in [1.165, 1.54) is 12.8 Å². The van der Waals surface area contributed by atoms with Crippen molar-refractivity contribution in [3.8, 4) is 0 Å². The van der Waals surface area contributed by atoms with E-state index in [4.69, 9.17) is 4.42 Å². The molecule has 0 saturated heterocycles. The largest absolute Gasteiger partial charge is 0.421 e. The van der Waals surface area contributed by atoms with Gasteiger partial charge in [0.05, 0.1) is 5.69 Å². The summed E-state index contributed by atoms with van der Waals surface area (Å²) >= 11 is 0. The van der Waals surface area contributed by atoms with Crippen molar-refractivity contribution in [1.82, 2.24) is 5.32 Å². The smallest absolute Gasteiger partial charge is 0.362 e. The number of para-hydroxylation sites is 1. The SMILES string of the molecule is CC(C)CCNC(=O)Nc1c(NC2CCCC2)c2ccccc2oc1=O. The topological polar surface area (TPSA) is 83.4 Å². The molecule has 140 valence electrons. The van der Waals surface area contributed by atoms with Gasteiger partial charge in [-0.1, -0.05) is 38.8 Å². The molecule has 1 saturated carbocycles. The Morgan fingerprint density at radius 1 is 1.19 bits per heavy atom. The van der Waals surface area contributed by atoms with Crippen LogP contribution >= 0.6 is 0 Å². The van der Waals surface area contributed by atoms with E-state index in [-0.39, 0.29) is 11.7 Å². The lowest BCUT2D eigenvalue weighted by molar-refractivity contribution is 0.251. The van der Waals surface area contributed by atoms with E-state index in [0.717, 1.165) is 24.6 Å².